The molecule has 14 heavy (non-hydrogen) atoms. The molecule has 0 atom stereocenters. The lowest BCUT2D eigenvalue weighted by molar-refractivity contribution is -0.320. The van der Waals surface area contributed by atoms with E-state index in [-0.39, 0.29) is 6.42 Å². The molecule has 0 unspecified atom stereocenters. The average molecular weight is 202 g/mol. The van der Waals surface area contributed by atoms with E-state index in [0.717, 1.165) is 5.57 Å². The normalized spacial score (nSPS) is 11.0. The van der Waals surface area contributed by atoms with Gasteiger partial charge in [0.15, 0.2) is 0 Å². The van der Waals surface area contributed by atoms with Gasteiger partial charge in [-0.05, 0) is 27.2 Å². The van der Waals surface area contributed by atoms with Crippen molar-refractivity contribution >= 4 is 5.97 Å². The predicted molar refractivity (Wildman–Crippen MR) is 52.2 cm³/mol. The van der Waals surface area contributed by atoms with Crippen LogP contribution in [0.3, 0.4) is 0 Å². The monoisotopic (exact) mass is 202 g/mol. The van der Waals surface area contributed by atoms with E-state index in [0.29, 0.717) is 12.0 Å². The molecule has 0 aliphatic rings. The number of aliphatic hydroxyl groups is 2. The Morgan fingerprint density at radius 1 is 1.29 bits per heavy atom. The zero-order valence-corrected chi connectivity index (χ0v) is 9.13. The molecule has 0 aromatic carbocycles. The molecule has 0 aromatic heterocycles. The first-order chi connectivity index (χ1) is 6.30. The molecule has 0 spiro atoms. The highest BCUT2D eigenvalue weighted by Crippen LogP contribution is 2.14. The fourth-order valence-corrected chi connectivity index (χ4v) is 0.806. The molecule has 2 N–H and O–H groups in total. The van der Waals surface area contributed by atoms with Crippen molar-refractivity contribution in [1.82, 2.24) is 0 Å². The van der Waals surface area contributed by atoms with E-state index in [2.05, 4.69) is 4.74 Å². The molecule has 0 saturated heterocycles. The Morgan fingerprint density at radius 2 is 1.79 bits per heavy atom. The Hall–Kier alpha value is -0.870. The van der Waals surface area contributed by atoms with Crippen molar-refractivity contribution in [3.63, 3.8) is 0 Å². The summed E-state index contributed by atoms with van der Waals surface area (Å²) >= 11 is 0. The van der Waals surface area contributed by atoms with Crippen molar-refractivity contribution < 1.29 is 19.7 Å². The number of hydrogen-bond acceptors (Lipinski definition) is 4. The Bertz CT molecular complexity index is 237. The van der Waals surface area contributed by atoms with Gasteiger partial charge in [0.25, 0.3) is 0 Å². The Morgan fingerprint density at radius 3 is 2.14 bits per heavy atom. The maximum atomic E-state index is 11.3. The van der Waals surface area contributed by atoms with E-state index in [1.165, 1.54) is 0 Å². The van der Waals surface area contributed by atoms with Gasteiger partial charge < -0.3 is 14.9 Å². The molecule has 82 valence electrons. The zero-order chi connectivity index (χ0) is 11.4. The first-order valence-corrected chi connectivity index (χ1v) is 4.62. The standard InChI is InChI=1S/C10H18O4/c1-5-6-10(12,13)14-9(11)8(4)7(2)3/h12-13H,5-6H2,1-4H3. The highest BCUT2D eigenvalue weighted by atomic mass is 16.8. The summed E-state index contributed by atoms with van der Waals surface area (Å²) in [4.78, 5) is 11.3. The number of allylic oxidation sites excluding steroid dienone is 1. The summed E-state index contributed by atoms with van der Waals surface area (Å²) < 4.78 is 4.52. The topological polar surface area (TPSA) is 66.8 Å². The molecule has 4 nitrogen and oxygen atoms in total. The van der Waals surface area contributed by atoms with Crippen molar-refractivity contribution in [2.75, 3.05) is 0 Å². The van der Waals surface area contributed by atoms with Gasteiger partial charge in [-0.3, -0.25) is 0 Å². The molecule has 0 radical (unpaired) electrons. The fraction of sp³-hybridized carbons (Fsp3) is 0.700. The van der Waals surface area contributed by atoms with Gasteiger partial charge >= 0.3 is 11.9 Å². The number of carbonyl (C=O) groups is 1. The van der Waals surface area contributed by atoms with Crippen LogP contribution >= 0.6 is 0 Å². The fourth-order valence-electron chi connectivity index (χ4n) is 0.806. The molecule has 0 amide bonds. The van der Waals surface area contributed by atoms with Gasteiger partial charge in [-0.25, -0.2) is 4.79 Å². The third-order valence-electron chi connectivity index (χ3n) is 1.89. The van der Waals surface area contributed by atoms with Crippen LogP contribution in [0.1, 0.15) is 40.5 Å². The first-order valence-electron chi connectivity index (χ1n) is 4.62. The highest BCUT2D eigenvalue weighted by molar-refractivity contribution is 5.88. The van der Waals surface area contributed by atoms with Gasteiger partial charge in [-0.2, -0.15) is 0 Å². The summed E-state index contributed by atoms with van der Waals surface area (Å²) in [5.74, 6) is -3.04. The van der Waals surface area contributed by atoms with E-state index in [9.17, 15) is 15.0 Å². The summed E-state index contributed by atoms with van der Waals surface area (Å²) in [5, 5.41) is 18.4. The van der Waals surface area contributed by atoms with Crippen LogP contribution in [0.15, 0.2) is 11.1 Å². The lowest BCUT2D eigenvalue weighted by atomic mass is 10.2. The third-order valence-corrected chi connectivity index (χ3v) is 1.89. The summed E-state index contributed by atoms with van der Waals surface area (Å²) in [5.41, 5.74) is 1.19. The molecule has 0 bridgehead atoms. The van der Waals surface area contributed by atoms with E-state index >= 15 is 0 Å². The van der Waals surface area contributed by atoms with Gasteiger partial charge in [0, 0.05) is 12.0 Å². The van der Waals surface area contributed by atoms with Crippen LogP contribution in [0.2, 0.25) is 0 Å². The van der Waals surface area contributed by atoms with Crippen LogP contribution in [0, 0.1) is 0 Å². The molecule has 0 aromatic rings. The Labute approximate surface area is 84.2 Å². The van der Waals surface area contributed by atoms with Crippen LogP contribution in [0.25, 0.3) is 0 Å². The zero-order valence-electron chi connectivity index (χ0n) is 9.13. The van der Waals surface area contributed by atoms with Gasteiger partial charge in [0.05, 0.1) is 0 Å². The molecule has 0 aliphatic heterocycles. The molecular weight excluding hydrogens is 184 g/mol. The Kier molecular flexibility index (Phi) is 4.80. The molecule has 4 heteroatoms. The second kappa shape index (κ2) is 5.12. The Balaban J connectivity index is 4.40. The van der Waals surface area contributed by atoms with Crippen LogP contribution in [0.5, 0.6) is 0 Å². The summed E-state index contributed by atoms with van der Waals surface area (Å²) in [7, 11) is 0. The molecule has 0 heterocycles. The van der Waals surface area contributed by atoms with E-state index in [4.69, 9.17) is 0 Å². The lowest BCUT2D eigenvalue weighted by Crippen LogP contribution is -2.34. The predicted octanol–water partition coefficient (Wildman–Crippen LogP) is 1.32. The number of carbonyl (C=O) groups excluding carboxylic acids is 1. The van der Waals surface area contributed by atoms with E-state index in [1.54, 1.807) is 27.7 Å². The SMILES string of the molecule is CCCC(O)(O)OC(=O)C(C)=C(C)C. The van der Waals surface area contributed by atoms with Gasteiger partial charge in [-0.1, -0.05) is 12.5 Å². The number of ether oxygens (including phenoxy) is 1. The number of esters is 1. The lowest BCUT2D eigenvalue weighted by Gasteiger charge is -2.21. The quantitative estimate of drug-likeness (QED) is 0.410. The maximum Gasteiger partial charge on any atom is 0.337 e. The second-order valence-electron chi connectivity index (χ2n) is 3.51. The van der Waals surface area contributed by atoms with E-state index in [1.807, 2.05) is 0 Å². The van der Waals surface area contributed by atoms with E-state index < -0.39 is 11.9 Å². The summed E-state index contributed by atoms with van der Waals surface area (Å²) in [6, 6.07) is 0. The second-order valence-corrected chi connectivity index (χ2v) is 3.51. The van der Waals surface area contributed by atoms with Crippen molar-refractivity contribution in [1.29, 1.82) is 0 Å². The van der Waals surface area contributed by atoms with Crippen LogP contribution in [0.4, 0.5) is 0 Å². The van der Waals surface area contributed by atoms with Gasteiger partial charge in [0.1, 0.15) is 0 Å². The van der Waals surface area contributed by atoms with Crippen molar-refractivity contribution in [2.24, 2.45) is 0 Å². The van der Waals surface area contributed by atoms with Gasteiger partial charge in [-0.15, -0.1) is 0 Å². The van der Waals surface area contributed by atoms with Crippen LogP contribution in [-0.2, 0) is 9.53 Å². The van der Waals surface area contributed by atoms with Crippen LogP contribution < -0.4 is 0 Å². The molecule has 0 rings (SSSR count). The first kappa shape index (κ1) is 13.1. The largest absolute Gasteiger partial charge is 0.405 e. The smallest absolute Gasteiger partial charge is 0.337 e. The molecule has 0 aliphatic carbocycles. The maximum absolute atomic E-state index is 11.3. The minimum absolute atomic E-state index is 0.00871. The molecule has 0 saturated carbocycles. The minimum atomic E-state index is -2.34. The minimum Gasteiger partial charge on any atom is -0.405 e. The van der Waals surface area contributed by atoms with Crippen LogP contribution in [-0.4, -0.2) is 22.2 Å². The highest BCUT2D eigenvalue weighted by Gasteiger charge is 2.27. The molecular formula is C10H18O4. The van der Waals surface area contributed by atoms with Gasteiger partial charge in [0.2, 0.25) is 0 Å². The van der Waals surface area contributed by atoms with Crippen molar-refractivity contribution in [3.05, 3.63) is 11.1 Å². The molecule has 0 fully saturated rings. The number of rotatable bonds is 4. The summed E-state index contributed by atoms with van der Waals surface area (Å²) in [6.07, 6.45) is 0.531. The van der Waals surface area contributed by atoms with Crippen molar-refractivity contribution in [3.8, 4) is 0 Å². The third kappa shape index (κ3) is 4.39. The number of hydrogen-bond donors (Lipinski definition) is 2. The summed E-state index contributed by atoms with van der Waals surface area (Å²) in [6.45, 7) is 6.86. The average Bonchev–Trinajstić information content (AvgIpc) is 2.01. The van der Waals surface area contributed by atoms with Crippen molar-refractivity contribution in [2.45, 2.75) is 46.5 Å².